The van der Waals surface area contributed by atoms with Gasteiger partial charge in [-0.25, -0.2) is 9.78 Å². The molecule has 2 atom stereocenters. The number of carbonyl (C=O) groups is 2. The molecule has 2 aromatic rings. The summed E-state index contributed by atoms with van der Waals surface area (Å²) in [6, 6.07) is 6.57. The molecule has 2 amide bonds. The fraction of sp³-hybridized carbons (Fsp3) is 0.381. The van der Waals surface area contributed by atoms with Crippen molar-refractivity contribution < 1.29 is 32.2 Å². The van der Waals surface area contributed by atoms with Gasteiger partial charge in [0.15, 0.2) is 0 Å². The molecule has 3 heterocycles. The number of alkyl halides is 3. The number of aromatic nitrogens is 1. The van der Waals surface area contributed by atoms with E-state index in [1.807, 2.05) is 0 Å². The van der Waals surface area contributed by atoms with Crippen molar-refractivity contribution >= 4 is 23.4 Å². The Morgan fingerprint density at radius 1 is 1.00 bits per heavy atom. The molecule has 2 fully saturated rings. The SMILES string of the molecule is Nc1cnc(C(=O)N2CC3CN(C(=O)OCc4ccc(OC(F)(F)F)cc4)CC3C2)cc1N. The topological polar surface area (TPSA) is 124 Å². The lowest BCUT2D eigenvalue weighted by atomic mass is 10.0. The molecule has 0 radical (unpaired) electrons. The van der Waals surface area contributed by atoms with Gasteiger partial charge in [-0.2, -0.15) is 0 Å². The smallest absolute Gasteiger partial charge is 0.445 e. The highest BCUT2D eigenvalue weighted by Crippen LogP contribution is 2.32. The first kappa shape index (κ1) is 22.5. The van der Waals surface area contributed by atoms with Crippen LogP contribution < -0.4 is 16.2 Å². The first-order valence-corrected chi connectivity index (χ1v) is 10.2. The molecule has 2 saturated heterocycles. The van der Waals surface area contributed by atoms with Crippen molar-refractivity contribution in [1.29, 1.82) is 0 Å². The second-order valence-corrected chi connectivity index (χ2v) is 8.08. The number of amides is 2. The Kier molecular flexibility index (Phi) is 5.91. The third-order valence-electron chi connectivity index (χ3n) is 5.74. The molecule has 0 saturated carbocycles. The molecule has 0 spiro atoms. The van der Waals surface area contributed by atoms with Gasteiger partial charge >= 0.3 is 12.5 Å². The summed E-state index contributed by atoms with van der Waals surface area (Å²) in [7, 11) is 0. The Morgan fingerprint density at radius 3 is 2.18 bits per heavy atom. The number of likely N-dealkylation sites (tertiary alicyclic amines) is 2. The van der Waals surface area contributed by atoms with Crippen molar-refractivity contribution in [1.82, 2.24) is 14.8 Å². The van der Waals surface area contributed by atoms with Gasteiger partial charge in [0.05, 0.1) is 17.6 Å². The maximum atomic E-state index is 12.7. The monoisotopic (exact) mass is 465 g/mol. The lowest BCUT2D eigenvalue weighted by molar-refractivity contribution is -0.274. The lowest BCUT2D eigenvalue weighted by Gasteiger charge is -2.21. The largest absolute Gasteiger partial charge is 0.573 e. The summed E-state index contributed by atoms with van der Waals surface area (Å²) in [5.41, 5.74) is 12.8. The fourth-order valence-electron chi connectivity index (χ4n) is 4.09. The zero-order chi connectivity index (χ0) is 23.8. The molecular formula is C21H22F3N5O4. The quantitative estimate of drug-likeness (QED) is 0.711. The Bertz CT molecular complexity index is 1030. The average Bonchev–Trinajstić information content (AvgIpc) is 3.33. The second-order valence-electron chi connectivity index (χ2n) is 8.08. The van der Waals surface area contributed by atoms with E-state index in [-0.39, 0.29) is 35.8 Å². The van der Waals surface area contributed by atoms with Crippen molar-refractivity contribution in [2.75, 3.05) is 37.6 Å². The lowest BCUT2D eigenvalue weighted by Crippen LogP contribution is -2.36. The molecule has 4 rings (SSSR count). The molecule has 2 aliphatic rings. The van der Waals surface area contributed by atoms with E-state index in [9.17, 15) is 22.8 Å². The van der Waals surface area contributed by atoms with Crippen LogP contribution in [0.5, 0.6) is 5.75 Å². The molecule has 33 heavy (non-hydrogen) atoms. The summed E-state index contributed by atoms with van der Waals surface area (Å²) in [5.74, 6) is -0.345. The van der Waals surface area contributed by atoms with E-state index >= 15 is 0 Å². The molecule has 4 N–H and O–H groups in total. The van der Waals surface area contributed by atoms with Crippen molar-refractivity contribution in [2.24, 2.45) is 11.8 Å². The van der Waals surface area contributed by atoms with Gasteiger partial charge in [-0.05, 0) is 23.8 Å². The van der Waals surface area contributed by atoms with Crippen LogP contribution in [0.3, 0.4) is 0 Å². The number of halogens is 3. The van der Waals surface area contributed by atoms with Crippen LogP contribution in [0.25, 0.3) is 0 Å². The molecule has 2 unspecified atom stereocenters. The molecule has 176 valence electrons. The number of nitrogen functional groups attached to an aromatic ring is 2. The number of anilines is 2. The first-order chi connectivity index (χ1) is 15.6. The summed E-state index contributed by atoms with van der Waals surface area (Å²) >= 11 is 0. The van der Waals surface area contributed by atoms with Crippen LogP contribution in [0.15, 0.2) is 36.5 Å². The highest BCUT2D eigenvalue weighted by atomic mass is 19.4. The summed E-state index contributed by atoms with van der Waals surface area (Å²) in [6.45, 7) is 1.79. The summed E-state index contributed by atoms with van der Waals surface area (Å²) < 4.78 is 45.8. The minimum absolute atomic E-state index is 0.0776. The van der Waals surface area contributed by atoms with Crippen LogP contribution in [-0.2, 0) is 11.3 Å². The van der Waals surface area contributed by atoms with Crippen LogP contribution in [0.2, 0.25) is 0 Å². The summed E-state index contributed by atoms with van der Waals surface area (Å²) in [6.07, 6.45) is -3.92. The van der Waals surface area contributed by atoms with Gasteiger partial charge in [0, 0.05) is 38.0 Å². The maximum Gasteiger partial charge on any atom is 0.573 e. The van der Waals surface area contributed by atoms with Crippen LogP contribution in [0, 0.1) is 11.8 Å². The molecule has 9 nitrogen and oxygen atoms in total. The number of benzene rings is 1. The van der Waals surface area contributed by atoms with Crippen LogP contribution in [0.4, 0.5) is 29.3 Å². The summed E-state index contributed by atoms with van der Waals surface area (Å²) in [4.78, 5) is 32.5. The number of nitrogens with two attached hydrogens (primary N) is 2. The van der Waals surface area contributed by atoms with Crippen molar-refractivity contribution in [2.45, 2.75) is 13.0 Å². The van der Waals surface area contributed by atoms with E-state index in [1.54, 1.807) is 9.80 Å². The number of nitrogens with zero attached hydrogens (tertiary/aromatic N) is 3. The highest BCUT2D eigenvalue weighted by molar-refractivity contribution is 5.94. The number of ether oxygens (including phenoxy) is 2. The Hall–Kier alpha value is -3.70. The predicted octanol–water partition coefficient (Wildman–Crippen LogP) is 2.49. The molecular weight excluding hydrogens is 443 g/mol. The van der Waals surface area contributed by atoms with Gasteiger partial charge in [0.2, 0.25) is 0 Å². The minimum atomic E-state index is -4.76. The molecule has 0 bridgehead atoms. The van der Waals surface area contributed by atoms with Crippen molar-refractivity contribution in [3.8, 4) is 5.75 Å². The van der Waals surface area contributed by atoms with E-state index in [0.717, 1.165) is 12.1 Å². The van der Waals surface area contributed by atoms with Crippen LogP contribution in [0.1, 0.15) is 16.1 Å². The third-order valence-corrected chi connectivity index (χ3v) is 5.74. The van der Waals surface area contributed by atoms with Crippen LogP contribution >= 0.6 is 0 Å². The zero-order valence-corrected chi connectivity index (χ0v) is 17.4. The molecule has 0 aliphatic carbocycles. The van der Waals surface area contributed by atoms with Gasteiger partial charge in [-0.1, -0.05) is 12.1 Å². The number of pyridine rings is 1. The Labute approximate surface area is 187 Å². The van der Waals surface area contributed by atoms with Gasteiger partial charge < -0.3 is 30.7 Å². The van der Waals surface area contributed by atoms with Crippen molar-refractivity contribution in [3.05, 3.63) is 47.8 Å². The number of hydrogen-bond donors (Lipinski definition) is 2. The van der Waals surface area contributed by atoms with Crippen molar-refractivity contribution in [3.63, 3.8) is 0 Å². The molecule has 1 aromatic heterocycles. The predicted molar refractivity (Wildman–Crippen MR) is 111 cm³/mol. The average molecular weight is 465 g/mol. The minimum Gasteiger partial charge on any atom is -0.445 e. The van der Waals surface area contributed by atoms with E-state index in [0.29, 0.717) is 43.1 Å². The molecule has 2 aliphatic heterocycles. The van der Waals surface area contributed by atoms with E-state index in [2.05, 4.69) is 9.72 Å². The standard InChI is InChI=1S/C21H22F3N5O4/c22-21(23,24)33-15-3-1-12(2-4-15)11-32-20(31)29-9-13-7-28(8-14(13)10-29)19(30)18-5-16(25)17(26)6-27-18/h1-6,13-14H,7-11,26H2,(H2,25,27). The number of carbonyl (C=O) groups excluding carboxylic acids is 2. The van der Waals surface area contributed by atoms with Gasteiger partial charge in [-0.15, -0.1) is 13.2 Å². The number of hydrogen-bond acceptors (Lipinski definition) is 7. The van der Waals surface area contributed by atoms with E-state index in [4.69, 9.17) is 16.2 Å². The Balaban J connectivity index is 1.26. The van der Waals surface area contributed by atoms with Gasteiger partial charge in [0.25, 0.3) is 5.91 Å². The second kappa shape index (κ2) is 8.68. The van der Waals surface area contributed by atoms with E-state index in [1.165, 1.54) is 24.4 Å². The number of fused-ring (bicyclic) bond motifs is 1. The Morgan fingerprint density at radius 2 is 1.61 bits per heavy atom. The highest BCUT2D eigenvalue weighted by Gasteiger charge is 2.43. The van der Waals surface area contributed by atoms with Crippen LogP contribution in [-0.4, -0.2) is 59.3 Å². The van der Waals surface area contributed by atoms with E-state index < -0.39 is 12.5 Å². The maximum absolute atomic E-state index is 12.7. The zero-order valence-electron chi connectivity index (χ0n) is 17.4. The third kappa shape index (κ3) is 5.21. The first-order valence-electron chi connectivity index (χ1n) is 10.2. The van der Waals surface area contributed by atoms with Gasteiger partial charge in [0.1, 0.15) is 18.1 Å². The van der Waals surface area contributed by atoms with Gasteiger partial charge in [-0.3, -0.25) is 4.79 Å². The summed E-state index contributed by atoms with van der Waals surface area (Å²) in [5, 5.41) is 0. The molecule has 12 heteroatoms. The normalized spacial score (nSPS) is 20.0. The number of rotatable bonds is 4. The molecule has 1 aromatic carbocycles. The fourth-order valence-corrected chi connectivity index (χ4v) is 4.09.